The smallest absolute Gasteiger partial charge is 0.270 e. The lowest BCUT2D eigenvalue weighted by molar-refractivity contribution is 0.0946. The molecule has 1 amide bonds. The zero-order chi connectivity index (χ0) is 19.1. The maximum Gasteiger partial charge on any atom is 0.270 e. The standard InChI is InChI=1S/C21H21ClN4O/c1-2-26(14-16-8-4-3-5-9-16)20-12-19(24-15-25-20)21(27)23-13-17-10-6-7-11-18(17)22/h3-12,15H,2,13-14H2,1H3,(H,23,27). The van der Waals surface area contributed by atoms with Gasteiger partial charge in [-0.05, 0) is 24.1 Å². The van der Waals surface area contributed by atoms with Crippen LogP contribution in [0.5, 0.6) is 0 Å². The molecule has 0 radical (unpaired) electrons. The van der Waals surface area contributed by atoms with Crippen molar-refractivity contribution in [2.75, 3.05) is 11.4 Å². The van der Waals surface area contributed by atoms with E-state index in [2.05, 4.69) is 39.2 Å². The molecule has 0 aliphatic heterocycles. The highest BCUT2D eigenvalue weighted by molar-refractivity contribution is 6.31. The quantitative estimate of drug-likeness (QED) is 0.670. The largest absolute Gasteiger partial charge is 0.352 e. The summed E-state index contributed by atoms with van der Waals surface area (Å²) < 4.78 is 0. The van der Waals surface area contributed by atoms with Crippen LogP contribution in [0.4, 0.5) is 5.82 Å². The molecule has 0 aliphatic rings. The average molecular weight is 381 g/mol. The van der Waals surface area contributed by atoms with Crippen LogP contribution in [0.3, 0.4) is 0 Å². The highest BCUT2D eigenvalue weighted by atomic mass is 35.5. The number of amides is 1. The van der Waals surface area contributed by atoms with E-state index < -0.39 is 0 Å². The van der Waals surface area contributed by atoms with Crippen molar-refractivity contribution in [3.8, 4) is 0 Å². The number of hydrogen-bond donors (Lipinski definition) is 1. The first-order valence-electron chi connectivity index (χ1n) is 8.80. The minimum atomic E-state index is -0.255. The van der Waals surface area contributed by atoms with Gasteiger partial charge in [0.25, 0.3) is 5.91 Å². The lowest BCUT2D eigenvalue weighted by Crippen LogP contribution is -2.26. The predicted molar refractivity (Wildman–Crippen MR) is 108 cm³/mol. The van der Waals surface area contributed by atoms with Gasteiger partial charge < -0.3 is 10.2 Å². The molecule has 2 aromatic carbocycles. The Kier molecular flexibility index (Phi) is 6.39. The number of hydrogen-bond acceptors (Lipinski definition) is 4. The predicted octanol–water partition coefficient (Wildman–Crippen LogP) is 4.09. The van der Waals surface area contributed by atoms with Crippen molar-refractivity contribution in [1.82, 2.24) is 15.3 Å². The second-order valence-electron chi connectivity index (χ2n) is 6.04. The van der Waals surface area contributed by atoms with Crippen molar-refractivity contribution in [2.45, 2.75) is 20.0 Å². The van der Waals surface area contributed by atoms with Crippen molar-refractivity contribution in [3.63, 3.8) is 0 Å². The van der Waals surface area contributed by atoms with Crippen LogP contribution in [0.15, 0.2) is 67.0 Å². The fourth-order valence-corrected chi connectivity index (χ4v) is 2.91. The van der Waals surface area contributed by atoms with Gasteiger partial charge in [0.15, 0.2) is 0 Å². The molecule has 0 unspecified atom stereocenters. The minimum absolute atomic E-state index is 0.255. The van der Waals surface area contributed by atoms with E-state index >= 15 is 0 Å². The Labute approximate surface area is 164 Å². The van der Waals surface area contributed by atoms with Gasteiger partial charge in [-0.1, -0.05) is 60.1 Å². The van der Waals surface area contributed by atoms with Gasteiger partial charge in [-0.25, -0.2) is 9.97 Å². The average Bonchev–Trinajstić information content (AvgIpc) is 2.72. The summed E-state index contributed by atoms with van der Waals surface area (Å²) in [4.78, 5) is 23.0. The topological polar surface area (TPSA) is 58.1 Å². The number of carbonyl (C=O) groups is 1. The van der Waals surface area contributed by atoms with E-state index in [1.54, 1.807) is 12.1 Å². The lowest BCUT2D eigenvalue weighted by atomic mass is 10.2. The molecule has 1 aromatic heterocycles. The number of nitrogens with zero attached hydrogens (tertiary/aromatic N) is 3. The zero-order valence-electron chi connectivity index (χ0n) is 15.1. The van der Waals surface area contributed by atoms with E-state index in [4.69, 9.17) is 11.6 Å². The fraction of sp³-hybridized carbons (Fsp3) is 0.190. The van der Waals surface area contributed by atoms with Gasteiger partial charge in [0.1, 0.15) is 17.8 Å². The number of carbonyl (C=O) groups excluding carboxylic acids is 1. The molecule has 3 aromatic rings. The molecule has 0 fully saturated rings. The molecule has 0 spiro atoms. The number of halogens is 1. The van der Waals surface area contributed by atoms with E-state index in [0.29, 0.717) is 17.3 Å². The van der Waals surface area contributed by atoms with Crippen LogP contribution in [0.1, 0.15) is 28.5 Å². The first kappa shape index (κ1) is 18.9. The second-order valence-corrected chi connectivity index (χ2v) is 6.44. The van der Waals surface area contributed by atoms with Crippen LogP contribution in [0.25, 0.3) is 0 Å². The first-order chi connectivity index (χ1) is 13.2. The maximum absolute atomic E-state index is 12.5. The van der Waals surface area contributed by atoms with E-state index in [9.17, 15) is 4.79 Å². The Bertz CT molecular complexity index is 901. The first-order valence-corrected chi connectivity index (χ1v) is 9.17. The number of nitrogens with one attached hydrogen (secondary N) is 1. The van der Waals surface area contributed by atoms with E-state index in [1.165, 1.54) is 11.9 Å². The molecule has 0 saturated heterocycles. The highest BCUT2D eigenvalue weighted by Crippen LogP contribution is 2.16. The van der Waals surface area contributed by atoms with Crippen molar-refractivity contribution in [1.29, 1.82) is 0 Å². The summed E-state index contributed by atoms with van der Waals surface area (Å²) in [5.74, 6) is 0.466. The Morgan fingerprint density at radius 2 is 1.81 bits per heavy atom. The highest BCUT2D eigenvalue weighted by Gasteiger charge is 2.13. The normalized spacial score (nSPS) is 10.4. The summed E-state index contributed by atoms with van der Waals surface area (Å²) in [6.07, 6.45) is 1.42. The lowest BCUT2D eigenvalue weighted by Gasteiger charge is -2.22. The molecular formula is C21H21ClN4O. The molecule has 138 valence electrons. The summed E-state index contributed by atoms with van der Waals surface area (Å²) in [6.45, 7) is 3.89. The summed E-state index contributed by atoms with van der Waals surface area (Å²) in [5, 5.41) is 3.48. The van der Waals surface area contributed by atoms with Crippen LogP contribution >= 0.6 is 11.6 Å². The Balaban J connectivity index is 1.70. The molecule has 1 N–H and O–H groups in total. The van der Waals surface area contributed by atoms with Crippen LogP contribution in [-0.2, 0) is 13.1 Å². The van der Waals surface area contributed by atoms with Crippen LogP contribution in [-0.4, -0.2) is 22.4 Å². The van der Waals surface area contributed by atoms with E-state index in [0.717, 1.165) is 24.5 Å². The maximum atomic E-state index is 12.5. The Morgan fingerprint density at radius 1 is 1.07 bits per heavy atom. The molecular weight excluding hydrogens is 360 g/mol. The van der Waals surface area contributed by atoms with Gasteiger partial charge in [-0.2, -0.15) is 0 Å². The van der Waals surface area contributed by atoms with Crippen LogP contribution < -0.4 is 10.2 Å². The third-order valence-electron chi connectivity index (χ3n) is 4.20. The number of aromatic nitrogens is 2. The van der Waals surface area contributed by atoms with Gasteiger partial charge in [0.2, 0.25) is 0 Å². The van der Waals surface area contributed by atoms with Gasteiger partial charge in [-0.3, -0.25) is 4.79 Å². The third-order valence-corrected chi connectivity index (χ3v) is 4.57. The van der Waals surface area contributed by atoms with Crippen LogP contribution in [0, 0.1) is 0 Å². The minimum Gasteiger partial charge on any atom is -0.352 e. The molecule has 1 heterocycles. The summed E-state index contributed by atoms with van der Waals surface area (Å²) in [7, 11) is 0. The zero-order valence-corrected chi connectivity index (χ0v) is 15.9. The van der Waals surface area contributed by atoms with Gasteiger partial charge in [-0.15, -0.1) is 0 Å². The SMILES string of the molecule is CCN(Cc1ccccc1)c1cc(C(=O)NCc2ccccc2Cl)ncn1. The van der Waals surface area contributed by atoms with Crippen molar-refractivity contribution < 1.29 is 4.79 Å². The van der Waals surface area contributed by atoms with Gasteiger partial charge in [0, 0.05) is 30.7 Å². The second kappa shape index (κ2) is 9.14. The van der Waals surface area contributed by atoms with E-state index in [1.807, 2.05) is 36.4 Å². The van der Waals surface area contributed by atoms with Crippen molar-refractivity contribution >= 4 is 23.3 Å². The third kappa shape index (κ3) is 5.05. The van der Waals surface area contributed by atoms with Crippen molar-refractivity contribution in [3.05, 3.63) is 88.8 Å². The molecule has 0 aliphatic carbocycles. The molecule has 6 heteroatoms. The van der Waals surface area contributed by atoms with Crippen LogP contribution in [0.2, 0.25) is 5.02 Å². The molecule has 5 nitrogen and oxygen atoms in total. The monoisotopic (exact) mass is 380 g/mol. The Morgan fingerprint density at radius 3 is 2.56 bits per heavy atom. The van der Waals surface area contributed by atoms with Gasteiger partial charge >= 0.3 is 0 Å². The summed E-state index contributed by atoms with van der Waals surface area (Å²) in [6, 6.07) is 19.3. The Hall–Kier alpha value is -2.92. The molecule has 0 atom stereocenters. The number of rotatable bonds is 7. The fourth-order valence-electron chi connectivity index (χ4n) is 2.71. The molecule has 27 heavy (non-hydrogen) atoms. The van der Waals surface area contributed by atoms with E-state index in [-0.39, 0.29) is 5.91 Å². The molecule has 3 rings (SSSR count). The van der Waals surface area contributed by atoms with Gasteiger partial charge in [0.05, 0.1) is 0 Å². The summed E-state index contributed by atoms with van der Waals surface area (Å²) in [5.41, 5.74) is 2.38. The number of benzene rings is 2. The molecule has 0 saturated carbocycles. The number of anilines is 1. The van der Waals surface area contributed by atoms with Crippen molar-refractivity contribution in [2.24, 2.45) is 0 Å². The summed E-state index contributed by atoms with van der Waals surface area (Å²) >= 11 is 6.13. The molecule has 0 bridgehead atoms.